The normalized spacial score (nSPS) is 17.4. The highest BCUT2D eigenvalue weighted by Crippen LogP contribution is 2.54. The van der Waals surface area contributed by atoms with Crippen molar-refractivity contribution in [1.82, 2.24) is 4.72 Å². The average Bonchev–Trinajstić information content (AvgIpc) is 3.52. The van der Waals surface area contributed by atoms with Crippen LogP contribution in [0.3, 0.4) is 0 Å². The van der Waals surface area contributed by atoms with Gasteiger partial charge in [-0.05, 0) is 81.3 Å². The summed E-state index contributed by atoms with van der Waals surface area (Å²) in [4.78, 5) is 0. The molecule has 1 saturated carbocycles. The molecule has 1 aliphatic rings. The summed E-state index contributed by atoms with van der Waals surface area (Å²) in [7, 11) is 0. The third-order valence-electron chi connectivity index (χ3n) is 5.60. The van der Waals surface area contributed by atoms with E-state index in [2.05, 4.69) is 10.8 Å². The van der Waals surface area contributed by atoms with Crippen molar-refractivity contribution in [2.24, 2.45) is 5.92 Å². The molecule has 1 aliphatic carbocycles. The average molecular weight is 414 g/mol. The first-order chi connectivity index (χ1) is 13.7. The molecule has 4 nitrogen and oxygen atoms in total. The van der Waals surface area contributed by atoms with E-state index in [0.29, 0.717) is 24.4 Å². The Hall–Kier alpha value is -2.07. The first-order valence-electron chi connectivity index (χ1n) is 9.90. The van der Waals surface area contributed by atoms with Gasteiger partial charge in [0, 0.05) is 23.3 Å². The lowest BCUT2D eigenvalue weighted by Crippen LogP contribution is -2.42. The van der Waals surface area contributed by atoms with Crippen LogP contribution in [0.1, 0.15) is 56.7 Å². The SMILES string of the molecule is CC(C)(C)[S@@+]([O-])NCC[C@](c1cccc(C#N)c1)(c1ccc(F)c(N)c1)C1CC1. The van der Waals surface area contributed by atoms with Gasteiger partial charge in [-0.3, -0.25) is 0 Å². The zero-order valence-electron chi connectivity index (χ0n) is 17.2. The van der Waals surface area contributed by atoms with Gasteiger partial charge in [0.05, 0.1) is 17.3 Å². The van der Waals surface area contributed by atoms with E-state index in [1.165, 1.54) is 6.07 Å². The van der Waals surface area contributed by atoms with Crippen LogP contribution in [0.4, 0.5) is 10.1 Å². The number of benzene rings is 2. The molecule has 2 aromatic carbocycles. The fraction of sp³-hybridized carbons (Fsp3) is 0.435. The fourth-order valence-electron chi connectivity index (χ4n) is 3.95. The second-order valence-corrected chi connectivity index (χ2v) is 10.8. The molecule has 1 fully saturated rings. The van der Waals surface area contributed by atoms with Crippen molar-refractivity contribution in [3.63, 3.8) is 0 Å². The number of nitrogens with one attached hydrogen (secondary N) is 1. The van der Waals surface area contributed by atoms with Crippen LogP contribution in [-0.2, 0) is 16.8 Å². The van der Waals surface area contributed by atoms with Crippen LogP contribution in [0.25, 0.3) is 0 Å². The van der Waals surface area contributed by atoms with Gasteiger partial charge in [-0.2, -0.15) is 5.26 Å². The Labute approximate surface area is 175 Å². The Kier molecular flexibility index (Phi) is 6.23. The van der Waals surface area contributed by atoms with Crippen molar-refractivity contribution in [3.05, 3.63) is 65.0 Å². The molecule has 0 spiro atoms. The van der Waals surface area contributed by atoms with Crippen molar-refractivity contribution in [2.45, 2.75) is 50.2 Å². The molecule has 0 unspecified atom stereocenters. The molecule has 154 valence electrons. The van der Waals surface area contributed by atoms with Crippen molar-refractivity contribution in [1.29, 1.82) is 5.26 Å². The lowest BCUT2D eigenvalue weighted by Gasteiger charge is -2.36. The minimum Gasteiger partial charge on any atom is -0.598 e. The standard InChI is InChI=1S/C23H28FN3OS/c1-22(2,3)29(28)27-12-11-23(17-7-8-17,18-6-4-5-16(13-18)15-25)19-9-10-20(24)21(26)14-19/h4-6,9-10,13-14,17,27H,7-8,11-12,26H2,1-3H3/t23-,29+/m0/s1. The van der Waals surface area contributed by atoms with Gasteiger partial charge in [-0.1, -0.05) is 18.2 Å². The van der Waals surface area contributed by atoms with Crippen LogP contribution < -0.4 is 10.5 Å². The number of hydrogen-bond acceptors (Lipinski definition) is 4. The van der Waals surface area contributed by atoms with E-state index >= 15 is 0 Å². The summed E-state index contributed by atoms with van der Waals surface area (Å²) in [5.74, 6) is -0.0673. The first kappa shape index (κ1) is 21.6. The van der Waals surface area contributed by atoms with Crippen LogP contribution in [0, 0.1) is 23.1 Å². The zero-order chi connectivity index (χ0) is 21.2. The molecule has 29 heavy (non-hydrogen) atoms. The summed E-state index contributed by atoms with van der Waals surface area (Å²) in [6.45, 7) is 6.33. The third kappa shape index (κ3) is 4.58. The van der Waals surface area contributed by atoms with Crippen LogP contribution in [-0.4, -0.2) is 15.8 Å². The van der Waals surface area contributed by atoms with E-state index < -0.39 is 22.6 Å². The number of nitrogens with zero attached hydrogens (tertiary/aromatic N) is 1. The number of nitriles is 1. The maximum Gasteiger partial charge on any atom is 0.146 e. The van der Waals surface area contributed by atoms with Crippen molar-refractivity contribution in [3.8, 4) is 6.07 Å². The molecule has 0 saturated heterocycles. The maximum atomic E-state index is 13.9. The summed E-state index contributed by atoms with van der Waals surface area (Å²) in [6, 6.07) is 14.8. The molecule has 2 atom stereocenters. The van der Waals surface area contributed by atoms with Crippen molar-refractivity contribution >= 4 is 17.0 Å². The molecule has 0 heterocycles. The number of nitrogens with two attached hydrogens (primary N) is 1. The van der Waals surface area contributed by atoms with Gasteiger partial charge in [0.15, 0.2) is 0 Å². The quantitative estimate of drug-likeness (QED) is 0.520. The zero-order valence-corrected chi connectivity index (χ0v) is 18.0. The molecule has 0 amide bonds. The summed E-state index contributed by atoms with van der Waals surface area (Å²) >= 11 is -1.18. The minimum absolute atomic E-state index is 0.121. The van der Waals surface area contributed by atoms with Crippen LogP contribution >= 0.6 is 0 Å². The molecule has 0 radical (unpaired) electrons. The van der Waals surface area contributed by atoms with Crippen molar-refractivity contribution < 1.29 is 8.94 Å². The Balaban J connectivity index is 2.03. The number of anilines is 1. The largest absolute Gasteiger partial charge is 0.598 e. The van der Waals surface area contributed by atoms with Crippen molar-refractivity contribution in [2.75, 3.05) is 12.3 Å². The van der Waals surface area contributed by atoms with E-state index in [4.69, 9.17) is 5.73 Å². The lowest BCUT2D eigenvalue weighted by molar-refractivity contribution is 0.410. The van der Waals surface area contributed by atoms with E-state index in [9.17, 15) is 14.2 Å². The monoisotopic (exact) mass is 413 g/mol. The third-order valence-corrected chi connectivity index (χ3v) is 7.18. The van der Waals surface area contributed by atoms with Gasteiger partial charge in [0.1, 0.15) is 10.6 Å². The second kappa shape index (κ2) is 8.35. The van der Waals surface area contributed by atoms with Gasteiger partial charge in [0.25, 0.3) is 0 Å². The summed E-state index contributed by atoms with van der Waals surface area (Å²) in [5, 5.41) is 9.40. The van der Waals surface area contributed by atoms with Crippen LogP contribution in [0.15, 0.2) is 42.5 Å². The predicted octanol–water partition coefficient (Wildman–Crippen LogP) is 4.42. The highest BCUT2D eigenvalue weighted by molar-refractivity contribution is 7.90. The van der Waals surface area contributed by atoms with Gasteiger partial charge in [0.2, 0.25) is 0 Å². The molecular formula is C23H28FN3OS. The Bertz CT molecular complexity index is 917. The van der Waals surface area contributed by atoms with E-state index in [-0.39, 0.29) is 10.4 Å². The van der Waals surface area contributed by atoms with Crippen LogP contribution in [0.5, 0.6) is 0 Å². The molecule has 3 N–H and O–H groups in total. The van der Waals surface area contributed by atoms with E-state index in [1.807, 2.05) is 39.0 Å². The number of hydrogen-bond donors (Lipinski definition) is 2. The Morgan fingerprint density at radius 3 is 2.48 bits per heavy atom. The lowest BCUT2D eigenvalue weighted by atomic mass is 9.68. The van der Waals surface area contributed by atoms with Gasteiger partial charge in [-0.25, -0.2) is 4.39 Å². The summed E-state index contributed by atoms with van der Waals surface area (Å²) in [6.07, 6.45) is 2.78. The highest BCUT2D eigenvalue weighted by atomic mass is 32.2. The summed E-state index contributed by atoms with van der Waals surface area (Å²) < 4.78 is 29.2. The maximum absolute atomic E-state index is 13.9. The molecule has 3 rings (SSSR count). The summed E-state index contributed by atoms with van der Waals surface area (Å²) in [5.41, 5.74) is 8.18. The topological polar surface area (TPSA) is 84.9 Å². The number of halogens is 1. The Morgan fingerprint density at radius 1 is 1.21 bits per heavy atom. The molecular weight excluding hydrogens is 385 g/mol. The van der Waals surface area contributed by atoms with Crippen LogP contribution in [0.2, 0.25) is 0 Å². The smallest absolute Gasteiger partial charge is 0.146 e. The predicted molar refractivity (Wildman–Crippen MR) is 116 cm³/mol. The molecule has 2 aromatic rings. The van der Waals surface area contributed by atoms with Gasteiger partial charge >= 0.3 is 0 Å². The minimum atomic E-state index is -1.18. The molecule has 6 heteroatoms. The fourth-order valence-corrected chi connectivity index (χ4v) is 4.67. The van der Waals surface area contributed by atoms with Gasteiger partial charge < -0.3 is 10.3 Å². The molecule has 0 bridgehead atoms. The van der Waals surface area contributed by atoms with Gasteiger partial charge in [-0.15, -0.1) is 4.72 Å². The number of nitrogen functional groups attached to an aromatic ring is 1. The van der Waals surface area contributed by atoms with E-state index in [1.54, 1.807) is 18.2 Å². The number of rotatable bonds is 7. The Morgan fingerprint density at radius 2 is 1.90 bits per heavy atom. The molecule has 0 aromatic heterocycles. The first-order valence-corrected chi connectivity index (χ1v) is 11.0. The molecule has 0 aliphatic heterocycles. The highest BCUT2D eigenvalue weighted by Gasteiger charge is 2.48. The van der Waals surface area contributed by atoms with E-state index in [0.717, 1.165) is 24.0 Å². The second-order valence-electron chi connectivity index (χ2n) is 8.70.